The lowest BCUT2D eigenvalue weighted by Crippen LogP contribution is -2.30. The minimum absolute atomic E-state index is 0.0525. The zero-order chi connectivity index (χ0) is 19.7. The molecule has 0 radical (unpaired) electrons. The van der Waals surface area contributed by atoms with Crippen molar-refractivity contribution in [1.82, 2.24) is 10.0 Å². The molecule has 7 nitrogen and oxygen atoms in total. The van der Waals surface area contributed by atoms with E-state index in [-0.39, 0.29) is 23.6 Å². The van der Waals surface area contributed by atoms with Gasteiger partial charge in [-0.2, -0.15) is 8.42 Å². The molecule has 0 aliphatic carbocycles. The maximum Gasteiger partial charge on any atom is 0.326 e. The van der Waals surface area contributed by atoms with E-state index in [1.54, 1.807) is 6.07 Å². The van der Waals surface area contributed by atoms with Crippen LogP contribution in [-0.4, -0.2) is 34.0 Å². The van der Waals surface area contributed by atoms with E-state index >= 15 is 4.39 Å². The summed E-state index contributed by atoms with van der Waals surface area (Å²) in [4.78, 5) is 11.7. The first kappa shape index (κ1) is 18.5. The monoisotopic (exact) mass is 403 g/mol. The van der Waals surface area contributed by atoms with E-state index in [2.05, 4.69) is 5.32 Å². The fourth-order valence-electron chi connectivity index (χ4n) is 3.20. The van der Waals surface area contributed by atoms with Crippen LogP contribution in [0.4, 0.5) is 10.1 Å². The Balaban J connectivity index is 1.77. The summed E-state index contributed by atoms with van der Waals surface area (Å²) in [6.45, 7) is 0.719. The molecule has 0 spiro atoms. The summed E-state index contributed by atoms with van der Waals surface area (Å²) in [5.74, 6) is -1.40. The number of carbonyl (C=O) groups is 1. The van der Waals surface area contributed by atoms with Crippen LogP contribution in [0.2, 0.25) is 0 Å². The number of amides is 1. The molecule has 2 aromatic rings. The van der Waals surface area contributed by atoms with Crippen molar-refractivity contribution < 1.29 is 22.3 Å². The molecule has 1 saturated heterocycles. The van der Waals surface area contributed by atoms with E-state index in [1.165, 1.54) is 6.07 Å². The molecule has 28 heavy (non-hydrogen) atoms. The van der Waals surface area contributed by atoms with Gasteiger partial charge in [0.15, 0.2) is 5.82 Å². The predicted molar refractivity (Wildman–Crippen MR) is 102 cm³/mol. The normalized spacial score (nSPS) is 18.1. The predicted octanol–water partition coefficient (Wildman–Crippen LogP) is 1.57. The van der Waals surface area contributed by atoms with Gasteiger partial charge in [0.2, 0.25) is 0 Å². The van der Waals surface area contributed by atoms with Gasteiger partial charge in [-0.15, -0.1) is 0 Å². The molecule has 1 amide bonds. The van der Waals surface area contributed by atoms with Gasteiger partial charge in [0.25, 0.3) is 5.91 Å². The molecule has 146 valence electrons. The summed E-state index contributed by atoms with van der Waals surface area (Å²) in [6, 6.07) is 12.3. The van der Waals surface area contributed by atoms with Gasteiger partial charge in [0.1, 0.15) is 24.6 Å². The quantitative estimate of drug-likeness (QED) is 0.791. The molecule has 0 atom stereocenters. The number of carbonyl (C=O) groups excluding carboxylic acids is 1. The lowest BCUT2D eigenvalue weighted by molar-refractivity contribution is -0.117. The molecule has 9 heteroatoms. The van der Waals surface area contributed by atoms with Gasteiger partial charge in [-0.05, 0) is 23.3 Å². The third kappa shape index (κ3) is 3.46. The number of hydrogen-bond acceptors (Lipinski definition) is 5. The number of halogens is 1. The van der Waals surface area contributed by atoms with Gasteiger partial charge >= 0.3 is 10.2 Å². The molecular formula is C19H18FN3O4S. The van der Waals surface area contributed by atoms with Gasteiger partial charge in [-0.1, -0.05) is 36.4 Å². The van der Waals surface area contributed by atoms with Crippen molar-refractivity contribution in [1.29, 1.82) is 0 Å². The van der Waals surface area contributed by atoms with E-state index in [1.807, 2.05) is 41.1 Å². The van der Waals surface area contributed by atoms with Crippen LogP contribution in [0.5, 0.6) is 5.75 Å². The van der Waals surface area contributed by atoms with E-state index < -0.39 is 28.5 Å². The fraction of sp³-hybridized carbons (Fsp3) is 0.211. The molecule has 2 aromatic carbocycles. The van der Waals surface area contributed by atoms with Gasteiger partial charge in [0.05, 0.1) is 0 Å². The van der Waals surface area contributed by atoms with Crippen LogP contribution < -0.4 is 19.1 Å². The van der Waals surface area contributed by atoms with Crippen LogP contribution in [0.3, 0.4) is 0 Å². The van der Waals surface area contributed by atoms with Crippen molar-refractivity contribution in [3.63, 3.8) is 0 Å². The summed E-state index contributed by atoms with van der Waals surface area (Å²) >= 11 is 0. The zero-order valence-corrected chi connectivity index (χ0v) is 15.6. The number of nitrogens with one attached hydrogen (secondary N) is 2. The highest BCUT2D eigenvalue weighted by Gasteiger charge is 2.38. The average molecular weight is 403 g/mol. The van der Waals surface area contributed by atoms with Gasteiger partial charge in [0, 0.05) is 18.7 Å². The van der Waals surface area contributed by atoms with E-state index in [9.17, 15) is 13.2 Å². The smallest absolute Gasteiger partial charge is 0.326 e. The summed E-state index contributed by atoms with van der Waals surface area (Å²) < 4.78 is 48.4. The Morgan fingerprint density at radius 1 is 1.14 bits per heavy atom. The molecule has 2 aliphatic heterocycles. The Hall–Kier alpha value is -2.91. The molecule has 0 unspecified atom stereocenters. The molecular weight excluding hydrogens is 385 g/mol. The van der Waals surface area contributed by atoms with Gasteiger partial charge in [-0.25, -0.2) is 13.4 Å². The van der Waals surface area contributed by atoms with Crippen molar-refractivity contribution in [3.05, 3.63) is 65.5 Å². The molecule has 0 saturated carbocycles. The van der Waals surface area contributed by atoms with Crippen molar-refractivity contribution in [3.8, 4) is 5.75 Å². The number of hydrogen-bond donors (Lipinski definition) is 2. The van der Waals surface area contributed by atoms with Crippen molar-refractivity contribution in [2.24, 2.45) is 0 Å². The average Bonchev–Trinajstić information content (AvgIpc) is 3.28. The van der Waals surface area contributed by atoms with E-state index in [0.29, 0.717) is 13.1 Å². The lowest BCUT2D eigenvalue weighted by atomic mass is 10.0. The molecule has 2 N–H and O–H groups in total. The second-order valence-corrected chi connectivity index (χ2v) is 8.04. The molecule has 1 fully saturated rings. The van der Waals surface area contributed by atoms with Crippen LogP contribution in [-0.2, 0) is 21.6 Å². The summed E-state index contributed by atoms with van der Waals surface area (Å²) in [6.07, 6.45) is 1.84. The van der Waals surface area contributed by atoms with Crippen molar-refractivity contribution >= 4 is 27.4 Å². The Labute approximate surface area is 162 Å². The first-order chi connectivity index (χ1) is 13.5. The highest BCUT2D eigenvalue weighted by molar-refractivity contribution is 7.92. The third-order valence-corrected chi connectivity index (χ3v) is 5.92. The first-order valence-corrected chi connectivity index (χ1v) is 10.1. The summed E-state index contributed by atoms with van der Waals surface area (Å²) in [7, 11) is -4.18. The second kappa shape index (κ2) is 7.25. The molecule has 4 rings (SSSR count). The minimum atomic E-state index is -4.18. The number of benzene rings is 2. The first-order valence-electron chi connectivity index (χ1n) is 8.68. The molecule has 2 heterocycles. The van der Waals surface area contributed by atoms with Gasteiger partial charge in [-0.3, -0.25) is 4.79 Å². The minimum Gasteiger partial charge on any atom is -0.487 e. The highest BCUT2D eigenvalue weighted by Crippen LogP contribution is 2.38. The summed E-state index contributed by atoms with van der Waals surface area (Å²) in [5, 5.41) is 3.08. The van der Waals surface area contributed by atoms with Gasteiger partial charge < -0.3 is 10.1 Å². The van der Waals surface area contributed by atoms with Crippen molar-refractivity contribution in [2.45, 2.75) is 6.61 Å². The van der Waals surface area contributed by atoms with Crippen LogP contribution in [0, 0.1) is 5.82 Å². The maximum atomic E-state index is 15.4. The molecule has 0 bridgehead atoms. The topological polar surface area (TPSA) is 87.7 Å². The zero-order valence-electron chi connectivity index (χ0n) is 14.8. The van der Waals surface area contributed by atoms with Crippen LogP contribution in [0.25, 0.3) is 5.57 Å². The fourth-order valence-corrected chi connectivity index (χ4v) is 4.36. The Kier molecular flexibility index (Phi) is 4.78. The number of anilines is 1. The number of ether oxygens (including phenoxy) is 1. The van der Waals surface area contributed by atoms with Crippen molar-refractivity contribution in [2.75, 3.05) is 23.9 Å². The van der Waals surface area contributed by atoms with Crippen LogP contribution >= 0.6 is 0 Å². The number of nitrogens with zero attached hydrogens (tertiary/aromatic N) is 1. The second-order valence-electron chi connectivity index (χ2n) is 6.45. The molecule has 0 aromatic heterocycles. The van der Waals surface area contributed by atoms with Crippen LogP contribution in [0.15, 0.2) is 48.5 Å². The Bertz CT molecular complexity index is 1050. The Morgan fingerprint density at radius 3 is 2.57 bits per heavy atom. The van der Waals surface area contributed by atoms with Crippen LogP contribution in [0.1, 0.15) is 11.1 Å². The van der Waals surface area contributed by atoms with E-state index in [4.69, 9.17) is 4.74 Å². The SMILES string of the molecule is O=C1CN(c2c(OCc3ccccc3)ccc(C3=CCNC3)c2F)S(=O)(=O)N1. The molecule has 2 aliphatic rings. The highest BCUT2D eigenvalue weighted by atomic mass is 32.2. The maximum absolute atomic E-state index is 15.4. The lowest BCUT2D eigenvalue weighted by Gasteiger charge is -2.21. The summed E-state index contributed by atoms with van der Waals surface area (Å²) in [5.41, 5.74) is 1.59. The third-order valence-electron chi connectivity index (χ3n) is 4.54. The van der Waals surface area contributed by atoms with E-state index in [0.717, 1.165) is 15.4 Å². The standard InChI is InChI=1S/C19H18FN3O4S/c20-18-15(14-8-9-21-10-14)6-7-16(27-12-13-4-2-1-3-5-13)19(18)23-11-17(24)22-28(23,25)26/h1-8,21H,9-12H2,(H,22,24). The Morgan fingerprint density at radius 2 is 1.93 bits per heavy atom. The largest absolute Gasteiger partial charge is 0.487 e. The number of rotatable bonds is 5.